The highest BCUT2D eigenvalue weighted by Crippen LogP contribution is 2.28. The molecule has 1 amide bonds. The van der Waals surface area contributed by atoms with Crippen LogP contribution in [0, 0.1) is 3.57 Å². The first-order valence-electron chi connectivity index (χ1n) is 5.97. The second-order valence-corrected chi connectivity index (χ2v) is 5.69. The van der Waals surface area contributed by atoms with Crippen molar-refractivity contribution >= 4 is 46.1 Å². The maximum absolute atomic E-state index is 12.2. The van der Waals surface area contributed by atoms with Crippen LogP contribution in [-0.4, -0.2) is 30.1 Å². The number of carbonyl (C=O) groups excluding carboxylic acids is 1. The van der Waals surface area contributed by atoms with Crippen molar-refractivity contribution in [3.63, 3.8) is 0 Å². The van der Waals surface area contributed by atoms with Gasteiger partial charge in [0.05, 0.1) is 17.7 Å². The Bertz CT molecular complexity index is 521. The van der Waals surface area contributed by atoms with Gasteiger partial charge in [0, 0.05) is 3.57 Å². The summed E-state index contributed by atoms with van der Waals surface area (Å²) in [5.41, 5.74) is 0.222. The number of hydrogen-bond acceptors (Lipinski definition) is 3. The summed E-state index contributed by atoms with van der Waals surface area (Å²) in [6.07, 6.45) is 1.02. The Kier molecular flexibility index (Phi) is 6.54. The molecule has 0 unspecified atom stereocenters. The van der Waals surface area contributed by atoms with Crippen LogP contribution >= 0.6 is 34.2 Å². The van der Waals surface area contributed by atoms with E-state index in [0.717, 1.165) is 3.57 Å². The molecule has 0 radical (unpaired) electrons. The van der Waals surface area contributed by atoms with Crippen LogP contribution in [0.4, 0.5) is 0 Å². The van der Waals surface area contributed by atoms with Crippen LogP contribution < -0.4 is 10.1 Å². The Labute approximate surface area is 135 Å². The first-order valence-corrected chi connectivity index (χ1v) is 7.43. The van der Waals surface area contributed by atoms with Gasteiger partial charge in [0.15, 0.2) is 0 Å². The van der Waals surface area contributed by atoms with E-state index in [2.05, 4.69) is 5.32 Å². The molecule has 20 heavy (non-hydrogen) atoms. The molecular formula is C13H15ClINO4. The molecule has 2 N–H and O–H groups in total. The zero-order valence-electron chi connectivity index (χ0n) is 11.1. The third-order valence-corrected chi connectivity index (χ3v) is 4.19. The lowest BCUT2D eigenvalue weighted by atomic mass is 10.1. The van der Waals surface area contributed by atoms with Gasteiger partial charge >= 0.3 is 5.97 Å². The van der Waals surface area contributed by atoms with E-state index in [4.69, 9.17) is 21.4 Å². The maximum Gasteiger partial charge on any atom is 0.326 e. The minimum absolute atomic E-state index is 0.222. The van der Waals surface area contributed by atoms with Gasteiger partial charge in [0.2, 0.25) is 0 Å². The molecule has 0 aliphatic carbocycles. The summed E-state index contributed by atoms with van der Waals surface area (Å²) in [7, 11) is 1.44. The third kappa shape index (κ3) is 4.24. The van der Waals surface area contributed by atoms with Crippen LogP contribution in [-0.2, 0) is 4.79 Å². The number of nitrogens with one attached hydrogen (secondary N) is 1. The van der Waals surface area contributed by atoms with Gasteiger partial charge in [-0.2, -0.15) is 0 Å². The SMILES string of the molecule is CCC[C@H](NC(=O)c1cc(Cl)c(I)cc1OC)C(=O)O. The van der Waals surface area contributed by atoms with Gasteiger partial charge in [0.1, 0.15) is 11.8 Å². The molecule has 5 nitrogen and oxygen atoms in total. The minimum atomic E-state index is -1.06. The molecule has 0 aromatic heterocycles. The Balaban J connectivity index is 3.02. The Hall–Kier alpha value is -1.02. The summed E-state index contributed by atoms with van der Waals surface area (Å²) in [4.78, 5) is 23.2. The fourth-order valence-electron chi connectivity index (χ4n) is 1.66. The lowest BCUT2D eigenvalue weighted by molar-refractivity contribution is -0.139. The number of benzene rings is 1. The average molecular weight is 412 g/mol. The van der Waals surface area contributed by atoms with Crippen molar-refractivity contribution in [3.05, 3.63) is 26.3 Å². The monoisotopic (exact) mass is 411 g/mol. The molecule has 1 aromatic rings. The van der Waals surface area contributed by atoms with E-state index in [0.29, 0.717) is 23.6 Å². The maximum atomic E-state index is 12.2. The number of halogens is 2. The molecule has 1 aromatic carbocycles. The lowest BCUT2D eigenvalue weighted by Crippen LogP contribution is -2.40. The molecule has 110 valence electrons. The number of carboxylic acids is 1. The molecule has 0 saturated carbocycles. The van der Waals surface area contributed by atoms with Crippen LogP contribution in [0.25, 0.3) is 0 Å². The highest BCUT2D eigenvalue weighted by atomic mass is 127. The fraction of sp³-hybridized carbons (Fsp3) is 0.385. The van der Waals surface area contributed by atoms with Crippen LogP contribution in [0.5, 0.6) is 5.75 Å². The largest absolute Gasteiger partial charge is 0.496 e. The molecule has 0 bridgehead atoms. The molecule has 1 rings (SSSR count). The number of carboxylic acid groups (broad SMARTS) is 1. The molecule has 0 fully saturated rings. The highest BCUT2D eigenvalue weighted by Gasteiger charge is 2.22. The number of methoxy groups -OCH3 is 1. The Morgan fingerprint density at radius 2 is 2.15 bits per heavy atom. The van der Waals surface area contributed by atoms with Crippen molar-refractivity contribution in [1.82, 2.24) is 5.32 Å². The number of hydrogen-bond donors (Lipinski definition) is 2. The predicted molar refractivity (Wildman–Crippen MR) is 84.5 cm³/mol. The second kappa shape index (κ2) is 7.68. The quantitative estimate of drug-likeness (QED) is 0.706. The van der Waals surface area contributed by atoms with Gasteiger partial charge in [-0.15, -0.1) is 0 Å². The lowest BCUT2D eigenvalue weighted by Gasteiger charge is -2.15. The van der Waals surface area contributed by atoms with E-state index in [9.17, 15) is 9.59 Å². The summed E-state index contributed by atoms with van der Waals surface area (Å²) >= 11 is 8.01. The van der Waals surface area contributed by atoms with Crippen molar-refractivity contribution in [2.75, 3.05) is 7.11 Å². The number of amides is 1. The minimum Gasteiger partial charge on any atom is -0.496 e. The number of carbonyl (C=O) groups is 2. The fourth-order valence-corrected chi connectivity index (χ4v) is 2.26. The van der Waals surface area contributed by atoms with E-state index in [1.165, 1.54) is 13.2 Å². The van der Waals surface area contributed by atoms with Gasteiger partial charge in [-0.3, -0.25) is 4.79 Å². The van der Waals surface area contributed by atoms with E-state index in [-0.39, 0.29) is 5.56 Å². The average Bonchev–Trinajstić information content (AvgIpc) is 2.40. The summed E-state index contributed by atoms with van der Waals surface area (Å²) in [6.45, 7) is 1.85. The molecule has 0 heterocycles. The second-order valence-electron chi connectivity index (χ2n) is 4.12. The summed E-state index contributed by atoms with van der Waals surface area (Å²) in [6, 6.07) is 2.19. The van der Waals surface area contributed by atoms with Crippen LogP contribution in [0.2, 0.25) is 5.02 Å². The zero-order valence-corrected chi connectivity index (χ0v) is 14.0. The van der Waals surface area contributed by atoms with Crippen LogP contribution in [0.3, 0.4) is 0 Å². The van der Waals surface area contributed by atoms with E-state index >= 15 is 0 Å². The van der Waals surface area contributed by atoms with Gasteiger partial charge in [0.25, 0.3) is 5.91 Å². The number of aliphatic carboxylic acids is 1. The molecule has 0 saturated heterocycles. The van der Waals surface area contributed by atoms with Crippen molar-refractivity contribution in [2.45, 2.75) is 25.8 Å². The molecule has 7 heteroatoms. The standard InChI is InChI=1S/C13H15ClINO4/c1-3-4-10(13(18)19)16-12(17)7-5-8(14)9(15)6-11(7)20-2/h5-6,10H,3-4H2,1-2H3,(H,16,17)(H,18,19)/t10-/m0/s1. The molecule has 0 spiro atoms. The summed E-state index contributed by atoms with van der Waals surface area (Å²) in [5, 5.41) is 11.9. The Morgan fingerprint density at radius 1 is 1.50 bits per heavy atom. The molecule has 0 aliphatic rings. The van der Waals surface area contributed by atoms with Crippen molar-refractivity contribution in [3.8, 4) is 5.75 Å². The summed E-state index contributed by atoms with van der Waals surface area (Å²) in [5.74, 6) is -1.21. The van der Waals surface area contributed by atoms with Crippen molar-refractivity contribution < 1.29 is 19.4 Å². The van der Waals surface area contributed by atoms with E-state index < -0.39 is 17.9 Å². The Morgan fingerprint density at radius 3 is 2.65 bits per heavy atom. The zero-order chi connectivity index (χ0) is 15.3. The van der Waals surface area contributed by atoms with Crippen LogP contribution in [0.1, 0.15) is 30.1 Å². The van der Waals surface area contributed by atoms with Gasteiger partial charge in [-0.05, 0) is 41.1 Å². The van der Waals surface area contributed by atoms with Crippen LogP contribution in [0.15, 0.2) is 12.1 Å². The number of ether oxygens (including phenoxy) is 1. The smallest absolute Gasteiger partial charge is 0.326 e. The van der Waals surface area contributed by atoms with Gasteiger partial charge < -0.3 is 15.2 Å². The van der Waals surface area contributed by atoms with E-state index in [1.54, 1.807) is 6.07 Å². The third-order valence-electron chi connectivity index (χ3n) is 2.67. The first-order chi connectivity index (χ1) is 9.40. The normalized spacial score (nSPS) is 11.8. The molecule has 0 aliphatic heterocycles. The van der Waals surface area contributed by atoms with E-state index in [1.807, 2.05) is 29.5 Å². The number of rotatable bonds is 6. The highest BCUT2D eigenvalue weighted by molar-refractivity contribution is 14.1. The van der Waals surface area contributed by atoms with Crippen molar-refractivity contribution in [1.29, 1.82) is 0 Å². The predicted octanol–water partition coefficient (Wildman–Crippen LogP) is 2.94. The van der Waals surface area contributed by atoms with Gasteiger partial charge in [-0.25, -0.2) is 4.79 Å². The molecule has 1 atom stereocenters. The topological polar surface area (TPSA) is 75.6 Å². The first kappa shape index (κ1) is 17.0. The van der Waals surface area contributed by atoms with Gasteiger partial charge in [-0.1, -0.05) is 24.9 Å². The van der Waals surface area contributed by atoms with Crippen molar-refractivity contribution in [2.24, 2.45) is 0 Å². The summed E-state index contributed by atoms with van der Waals surface area (Å²) < 4.78 is 5.88. The molecular weight excluding hydrogens is 397 g/mol.